The highest BCUT2D eigenvalue weighted by Crippen LogP contribution is 2.42. The van der Waals surface area contributed by atoms with Crippen molar-refractivity contribution >= 4 is 39.3 Å². The number of aryl methyl sites for hydroxylation is 2. The SMILES string of the molecule is C=CC(=O)N1CC2CCNc3c(F)c(-c4c(C)ccc5[nH]ncc45)nc4c3c(nc(=O)n4-c3c(C)ccnc3C(C)C)N2CC1C. The van der Waals surface area contributed by atoms with Gasteiger partial charge in [0.15, 0.2) is 11.5 Å². The van der Waals surface area contributed by atoms with Gasteiger partial charge in [-0.2, -0.15) is 10.1 Å². The quantitative estimate of drug-likeness (QED) is 0.269. The van der Waals surface area contributed by atoms with Crippen molar-refractivity contribution in [2.45, 2.75) is 59.0 Å². The van der Waals surface area contributed by atoms with Gasteiger partial charge in [-0.25, -0.2) is 18.7 Å². The molecule has 1 fully saturated rings. The van der Waals surface area contributed by atoms with Gasteiger partial charge in [0.25, 0.3) is 0 Å². The number of hydrogen-bond donors (Lipinski definition) is 2. The van der Waals surface area contributed by atoms with E-state index < -0.39 is 11.5 Å². The van der Waals surface area contributed by atoms with Crippen molar-refractivity contribution in [1.29, 1.82) is 0 Å². The molecule has 7 rings (SSSR count). The first-order chi connectivity index (χ1) is 22.1. The van der Waals surface area contributed by atoms with Gasteiger partial charge in [-0.1, -0.05) is 26.5 Å². The molecule has 46 heavy (non-hydrogen) atoms. The number of carbonyl (C=O) groups is 1. The van der Waals surface area contributed by atoms with E-state index >= 15 is 4.39 Å². The lowest BCUT2D eigenvalue weighted by Gasteiger charge is -2.46. The minimum Gasteiger partial charge on any atom is -0.382 e. The van der Waals surface area contributed by atoms with Gasteiger partial charge in [0, 0.05) is 48.9 Å². The molecule has 1 saturated heterocycles. The van der Waals surface area contributed by atoms with Gasteiger partial charge in [-0.3, -0.25) is 14.9 Å². The molecule has 0 radical (unpaired) electrons. The van der Waals surface area contributed by atoms with Crippen LogP contribution in [0.4, 0.5) is 15.9 Å². The minimum absolute atomic E-state index is 0.0180. The Labute approximate surface area is 265 Å². The van der Waals surface area contributed by atoms with Crippen molar-refractivity contribution in [2.24, 2.45) is 0 Å². The Bertz CT molecular complexity index is 2120. The lowest BCUT2D eigenvalue weighted by Crippen LogP contribution is -2.60. The van der Waals surface area contributed by atoms with E-state index in [1.807, 2.05) is 52.8 Å². The molecule has 0 aliphatic carbocycles. The molecule has 1 aromatic carbocycles. The van der Waals surface area contributed by atoms with Crippen LogP contribution in [0.2, 0.25) is 0 Å². The minimum atomic E-state index is -0.536. The summed E-state index contributed by atoms with van der Waals surface area (Å²) < 4.78 is 18.6. The van der Waals surface area contributed by atoms with Crippen LogP contribution in [0.5, 0.6) is 0 Å². The number of nitrogens with zero attached hydrogens (tertiary/aromatic N) is 7. The number of piperazine rings is 1. The second kappa shape index (κ2) is 11.0. The van der Waals surface area contributed by atoms with Crippen molar-refractivity contribution in [1.82, 2.24) is 34.6 Å². The topological polar surface area (TPSA) is 125 Å². The number of aromatic nitrogens is 6. The van der Waals surface area contributed by atoms with E-state index in [0.29, 0.717) is 54.2 Å². The molecule has 0 saturated carbocycles. The Morgan fingerprint density at radius 3 is 2.72 bits per heavy atom. The smallest absolute Gasteiger partial charge is 0.355 e. The first-order valence-electron chi connectivity index (χ1n) is 15.6. The third-order valence-corrected chi connectivity index (χ3v) is 9.29. The average molecular weight is 622 g/mol. The number of halogens is 1. The maximum atomic E-state index is 17.1. The van der Waals surface area contributed by atoms with Crippen LogP contribution in [0.1, 0.15) is 49.9 Å². The molecule has 236 valence electrons. The number of hydrogen-bond acceptors (Lipinski definition) is 8. The Hall–Kier alpha value is -5.13. The van der Waals surface area contributed by atoms with Gasteiger partial charge in [0.05, 0.1) is 34.2 Å². The van der Waals surface area contributed by atoms with Gasteiger partial charge in [-0.05, 0) is 62.4 Å². The number of anilines is 2. The maximum Gasteiger partial charge on any atom is 0.355 e. The number of carbonyl (C=O) groups excluding carboxylic acids is 1. The maximum absolute atomic E-state index is 17.1. The van der Waals surface area contributed by atoms with Crippen LogP contribution in [0, 0.1) is 19.7 Å². The lowest BCUT2D eigenvalue weighted by molar-refractivity contribution is -0.128. The highest BCUT2D eigenvalue weighted by molar-refractivity contribution is 6.04. The number of fused-ring (bicyclic) bond motifs is 3. The number of nitrogens with one attached hydrogen (secondary N) is 2. The van der Waals surface area contributed by atoms with Crippen LogP contribution < -0.4 is 15.9 Å². The molecule has 12 heteroatoms. The number of pyridine rings is 2. The summed E-state index contributed by atoms with van der Waals surface area (Å²) in [7, 11) is 0. The summed E-state index contributed by atoms with van der Waals surface area (Å²) in [5.74, 6) is -0.345. The summed E-state index contributed by atoms with van der Waals surface area (Å²) in [5, 5.41) is 11.7. The first kappa shape index (κ1) is 29.6. The van der Waals surface area contributed by atoms with Gasteiger partial charge in [0.1, 0.15) is 11.5 Å². The number of H-pyrrole nitrogens is 1. The fourth-order valence-electron chi connectivity index (χ4n) is 7.01. The molecule has 0 spiro atoms. The third-order valence-electron chi connectivity index (χ3n) is 9.29. The molecule has 4 aromatic heterocycles. The summed E-state index contributed by atoms with van der Waals surface area (Å²) in [6.45, 7) is 14.8. The number of benzene rings is 1. The Kier molecular flexibility index (Phi) is 7.10. The molecule has 2 N–H and O–H groups in total. The standard InChI is InChI=1S/C34H36FN9O2/c1-7-24(45)42-16-21-11-13-37-29-26-32(43(21)15-20(42)6)40-34(46)44(31-19(5)10-12-36-28(31)17(2)3)33(26)39-30(27(29)35)25-18(4)8-9-23-22(25)14-38-41-23/h7-10,12,14,17,20-21,37H,1,11,13,15-16H2,2-6H3,(H,38,41). The van der Waals surface area contributed by atoms with Crippen molar-refractivity contribution in [3.63, 3.8) is 0 Å². The Balaban J connectivity index is 1.60. The fourth-order valence-corrected chi connectivity index (χ4v) is 7.01. The zero-order chi connectivity index (χ0) is 32.4. The first-order valence-corrected chi connectivity index (χ1v) is 15.6. The zero-order valence-electron chi connectivity index (χ0n) is 26.6. The third kappa shape index (κ3) is 4.45. The predicted octanol–water partition coefficient (Wildman–Crippen LogP) is 5.01. The molecule has 2 aliphatic rings. The second-order valence-electron chi connectivity index (χ2n) is 12.6. The van der Waals surface area contributed by atoms with Crippen LogP contribution in [0.25, 0.3) is 38.9 Å². The monoisotopic (exact) mass is 621 g/mol. The largest absolute Gasteiger partial charge is 0.382 e. The van der Waals surface area contributed by atoms with E-state index in [1.165, 1.54) is 10.6 Å². The Morgan fingerprint density at radius 2 is 1.96 bits per heavy atom. The van der Waals surface area contributed by atoms with Crippen molar-refractivity contribution < 1.29 is 9.18 Å². The number of rotatable bonds is 4. The van der Waals surface area contributed by atoms with E-state index in [4.69, 9.17) is 4.98 Å². The van der Waals surface area contributed by atoms with E-state index in [0.717, 1.165) is 22.0 Å². The fraction of sp³-hybridized carbons (Fsp3) is 0.353. The summed E-state index contributed by atoms with van der Waals surface area (Å²) in [5.41, 5.74) is 4.38. The highest BCUT2D eigenvalue weighted by atomic mass is 19.1. The average Bonchev–Trinajstić information content (AvgIpc) is 3.50. The predicted molar refractivity (Wildman–Crippen MR) is 177 cm³/mol. The van der Waals surface area contributed by atoms with Crippen LogP contribution in [-0.4, -0.2) is 72.2 Å². The van der Waals surface area contributed by atoms with Crippen LogP contribution in [-0.2, 0) is 4.79 Å². The van der Waals surface area contributed by atoms with E-state index in [1.54, 1.807) is 17.3 Å². The van der Waals surface area contributed by atoms with Crippen molar-refractivity contribution in [3.8, 4) is 16.9 Å². The second-order valence-corrected chi connectivity index (χ2v) is 12.6. The van der Waals surface area contributed by atoms with Gasteiger partial charge in [-0.15, -0.1) is 0 Å². The van der Waals surface area contributed by atoms with E-state index in [-0.39, 0.29) is 40.9 Å². The summed E-state index contributed by atoms with van der Waals surface area (Å²) in [6.07, 6.45) is 5.31. The molecule has 11 nitrogen and oxygen atoms in total. The number of aromatic amines is 1. The van der Waals surface area contributed by atoms with Crippen molar-refractivity contribution in [2.75, 3.05) is 29.9 Å². The molecule has 0 bridgehead atoms. The van der Waals surface area contributed by atoms with Crippen LogP contribution >= 0.6 is 0 Å². The van der Waals surface area contributed by atoms with Gasteiger partial charge in [0.2, 0.25) is 5.91 Å². The van der Waals surface area contributed by atoms with Crippen LogP contribution in [0.3, 0.4) is 0 Å². The molecule has 2 unspecified atom stereocenters. The van der Waals surface area contributed by atoms with Gasteiger partial charge >= 0.3 is 5.69 Å². The molecule has 2 aliphatic heterocycles. The molecular formula is C34H36FN9O2. The van der Waals surface area contributed by atoms with Crippen molar-refractivity contribution in [3.05, 3.63) is 76.4 Å². The normalized spacial score (nSPS) is 18.0. The molecule has 5 aromatic rings. The zero-order valence-corrected chi connectivity index (χ0v) is 26.6. The van der Waals surface area contributed by atoms with Crippen LogP contribution in [0.15, 0.2) is 48.0 Å². The molecule has 1 amide bonds. The van der Waals surface area contributed by atoms with Gasteiger partial charge < -0.3 is 15.1 Å². The number of amides is 1. The highest BCUT2D eigenvalue weighted by Gasteiger charge is 2.38. The molecule has 6 heterocycles. The Morgan fingerprint density at radius 1 is 1.15 bits per heavy atom. The van der Waals surface area contributed by atoms with E-state index in [2.05, 4.69) is 37.0 Å². The summed E-state index contributed by atoms with van der Waals surface area (Å²) in [4.78, 5) is 45.3. The van der Waals surface area contributed by atoms with E-state index in [9.17, 15) is 9.59 Å². The molecule has 2 atom stereocenters. The molecular weight excluding hydrogens is 585 g/mol. The lowest BCUT2D eigenvalue weighted by atomic mass is 9.98. The summed E-state index contributed by atoms with van der Waals surface area (Å²) in [6, 6.07) is 5.30. The summed E-state index contributed by atoms with van der Waals surface area (Å²) >= 11 is 0.